The van der Waals surface area contributed by atoms with E-state index in [1.54, 1.807) is 6.33 Å². The Balaban J connectivity index is 1.82. The van der Waals surface area contributed by atoms with Gasteiger partial charge in [0, 0.05) is 6.54 Å². The monoisotopic (exact) mass is 236 g/mol. The molecule has 17 heavy (non-hydrogen) atoms. The number of nitrogens with zero attached hydrogens (tertiary/aromatic N) is 3. The van der Waals surface area contributed by atoms with E-state index in [0.29, 0.717) is 10.8 Å². The average Bonchev–Trinajstić information content (AvgIpc) is 2.64. The molecule has 1 aliphatic rings. The molecule has 1 aliphatic carbocycles. The van der Waals surface area contributed by atoms with Crippen LogP contribution in [0.25, 0.3) is 0 Å². The molecule has 1 aromatic rings. The van der Waals surface area contributed by atoms with Gasteiger partial charge in [-0.05, 0) is 30.2 Å². The first-order valence-electron chi connectivity index (χ1n) is 6.48. The van der Waals surface area contributed by atoms with Crippen molar-refractivity contribution in [3.63, 3.8) is 0 Å². The fourth-order valence-corrected chi connectivity index (χ4v) is 2.86. The van der Waals surface area contributed by atoms with Crippen LogP contribution < -0.4 is 5.32 Å². The van der Waals surface area contributed by atoms with Gasteiger partial charge in [0.15, 0.2) is 0 Å². The van der Waals surface area contributed by atoms with Crippen LogP contribution in [-0.4, -0.2) is 21.3 Å². The minimum Gasteiger partial charge on any atom is -0.310 e. The van der Waals surface area contributed by atoms with Crippen LogP contribution in [0.5, 0.6) is 0 Å². The molecule has 0 saturated heterocycles. The summed E-state index contributed by atoms with van der Waals surface area (Å²) >= 11 is 0. The second-order valence-electron chi connectivity index (χ2n) is 6.12. The predicted molar refractivity (Wildman–Crippen MR) is 68.5 cm³/mol. The predicted octanol–water partition coefficient (Wildman–Crippen LogP) is 2.07. The van der Waals surface area contributed by atoms with Gasteiger partial charge in [-0.15, -0.1) is 0 Å². The molecule has 1 saturated carbocycles. The van der Waals surface area contributed by atoms with Gasteiger partial charge in [-0.1, -0.05) is 27.7 Å². The van der Waals surface area contributed by atoms with Crippen LogP contribution in [0.2, 0.25) is 0 Å². The molecule has 0 spiro atoms. The number of hydrogen-bond acceptors (Lipinski definition) is 3. The molecule has 2 rings (SSSR count). The SMILES string of the molecule is CCn1ncnc1CNCC1C(C)(C)C1(C)C. The number of nitrogens with one attached hydrogen (secondary N) is 1. The summed E-state index contributed by atoms with van der Waals surface area (Å²) < 4.78 is 1.94. The average molecular weight is 236 g/mol. The third kappa shape index (κ3) is 1.99. The Morgan fingerprint density at radius 1 is 1.29 bits per heavy atom. The summed E-state index contributed by atoms with van der Waals surface area (Å²) in [6.07, 6.45) is 1.63. The normalized spacial score (nSPS) is 21.7. The van der Waals surface area contributed by atoms with Crippen LogP contribution in [0.4, 0.5) is 0 Å². The van der Waals surface area contributed by atoms with Gasteiger partial charge in [0.05, 0.1) is 6.54 Å². The maximum atomic E-state index is 4.27. The van der Waals surface area contributed by atoms with E-state index >= 15 is 0 Å². The number of rotatable bonds is 5. The highest BCUT2D eigenvalue weighted by Gasteiger charge is 2.63. The summed E-state index contributed by atoms with van der Waals surface area (Å²) in [4.78, 5) is 4.27. The summed E-state index contributed by atoms with van der Waals surface area (Å²) in [7, 11) is 0. The van der Waals surface area contributed by atoms with Crippen molar-refractivity contribution in [3.05, 3.63) is 12.2 Å². The minimum absolute atomic E-state index is 0.457. The Hall–Kier alpha value is -0.900. The van der Waals surface area contributed by atoms with E-state index in [2.05, 4.69) is 50.0 Å². The molecule has 4 heteroatoms. The first-order valence-corrected chi connectivity index (χ1v) is 6.48. The molecule has 1 fully saturated rings. The fraction of sp³-hybridized carbons (Fsp3) is 0.846. The number of aryl methyl sites for hydroxylation is 1. The lowest BCUT2D eigenvalue weighted by molar-refractivity contribution is 0.457. The quantitative estimate of drug-likeness (QED) is 0.851. The Bertz CT molecular complexity index is 378. The third-order valence-electron chi connectivity index (χ3n) is 4.95. The summed E-state index contributed by atoms with van der Waals surface area (Å²) in [5.74, 6) is 1.79. The van der Waals surface area contributed by atoms with E-state index in [0.717, 1.165) is 31.4 Å². The highest BCUT2D eigenvalue weighted by atomic mass is 15.3. The van der Waals surface area contributed by atoms with Crippen LogP contribution in [-0.2, 0) is 13.1 Å². The van der Waals surface area contributed by atoms with Crippen LogP contribution in [0.3, 0.4) is 0 Å². The molecule has 0 atom stereocenters. The lowest BCUT2D eigenvalue weighted by atomic mass is 10.0. The van der Waals surface area contributed by atoms with Crippen molar-refractivity contribution in [1.82, 2.24) is 20.1 Å². The molecule has 0 bridgehead atoms. The molecule has 1 heterocycles. The molecule has 0 aliphatic heterocycles. The Labute approximate surface area is 104 Å². The largest absolute Gasteiger partial charge is 0.310 e. The highest BCUT2D eigenvalue weighted by molar-refractivity contribution is 5.12. The maximum Gasteiger partial charge on any atom is 0.140 e. The van der Waals surface area contributed by atoms with Gasteiger partial charge in [0.2, 0.25) is 0 Å². The Kier molecular flexibility index (Phi) is 3.02. The number of hydrogen-bond donors (Lipinski definition) is 1. The lowest BCUT2D eigenvalue weighted by Crippen LogP contribution is -2.21. The second kappa shape index (κ2) is 4.09. The van der Waals surface area contributed by atoms with E-state index in [-0.39, 0.29) is 0 Å². The van der Waals surface area contributed by atoms with Gasteiger partial charge in [-0.2, -0.15) is 5.10 Å². The summed E-state index contributed by atoms with van der Waals surface area (Å²) in [5, 5.41) is 7.68. The minimum atomic E-state index is 0.457. The van der Waals surface area contributed by atoms with Gasteiger partial charge in [0.1, 0.15) is 12.2 Å². The summed E-state index contributed by atoms with van der Waals surface area (Å²) in [5.41, 5.74) is 0.914. The molecular formula is C13H24N4. The van der Waals surface area contributed by atoms with Crippen LogP contribution >= 0.6 is 0 Å². The topological polar surface area (TPSA) is 42.7 Å². The number of aromatic nitrogens is 3. The Morgan fingerprint density at radius 2 is 1.94 bits per heavy atom. The summed E-state index contributed by atoms with van der Waals surface area (Å²) in [6, 6.07) is 0. The first kappa shape index (κ1) is 12.6. The van der Waals surface area contributed by atoms with Crippen molar-refractivity contribution in [2.24, 2.45) is 16.7 Å². The van der Waals surface area contributed by atoms with Crippen molar-refractivity contribution in [1.29, 1.82) is 0 Å². The molecule has 0 unspecified atom stereocenters. The van der Waals surface area contributed by atoms with E-state index < -0.39 is 0 Å². The van der Waals surface area contributed by atoms with Crippen molar-refractivity contribution < 1.29 is 0 Å². The maximum absolute atomic E-state index is 4.27. The van der Waals surface area contributed by atoms with Gasteiger partial charge in [0.25, 0.3) is 0 Å². The third-order valence-corrected chi connectivity index (χ3v) is 4.95. The fourth-order valence-electron chi connectivity index (χ4n) is 2.86. The van der Waals surface area contributed by atoms with Gasteiger partial charge >= 0.3 is 0 Å². The van der Waals surface area contributed by atoms with Crippen molar-refractivity contribution in [2.75, 3.05) is 6.54 Å². The Morgan fingerprint density at radius 3 is 2.47 bits per heavy atom. The van der Waals surface area contributed by atoms with Crippen LogP contribution in [0, 0.1) is 16.7 Å². The highest BCUT2D eigenvalue weighted by Crippen LogP contribution is 2.67. The van der Waals surface area contributed by atoms with E-state index in [4.69, 9.17) is 0 Å². The molecular weight excluding hydrogens is 212 g/mol. The van der Waals surface area contributed by atoms with E-state index in [1.165, 1.54) is 0 Å². The lowest BCUT2D eigenvalue weighted by Gasteiger charge is -2.06. The molecule has 1 N–H and O–H groups in total. The molecule has 4 nitrogen and oxygen atoms in total. The molecule has 96 valence electrons. The molecule has 0 radical (unpaired) electrons. The zero-order valence-corrected chi connectivity index (χ0v) is 11.6. The van der Waals surface area contributed by atoms with Gasteiger partial charge < -0.3 is 5.32 Å². The van der Waals surface area contributed by atoms with Crippen molar-refractivity contribution in [3.8, 4) is 0 Å². The van der Waals surface area contributed by atoms with Gasteiger partial charge in [-0.3, -0.25) is 0 Å². The molecule has 0 aromatic carbocycles. The zero-order chi connectivity index (χ0) is 12.7. The zero-order valence-electron chi connectivity index (χ0n) is 11.6. The summed E-state index contributed by atoms with van der Waals surface area (Å²) in [6.45, 7) is 14.3. The second-order valence-corrected chi connectivity index (χ2v) is 6.12. The van der Waals surface area contributed by atoms with Crippen LogP contribution in [0.15, 0.2) is 6.33 Å². The molecule has 0 amide bonds. The smallest absolute Gasteiger partial charge is 0.140 e. The van der Waals surface area contributed by atoms with Gasteiger partial charge in [-0.25, -0.2) is 9.67 Å². The van der Waals surface area contributed by atoms with Crippen molar-refractivity contribution in [2.45, 2.75) is 47.7 Å². The standard InChI is InChI=1S/C13H24N4/c1-6-17-11(15-9-16-17)8-14-7-10-12(2,3)13(10,4)5/h9-10,14H,6-8H2,1-5H3. The van der Waals surface area contributed by atoms with E-state index in [9.17, 15) is 0 Å². The van der Waals surface area contributed by atoms with Crippen LogP contribution in [0.1, 0.15) is 40.4 Å². The van der Waals surface area contributed by atoms with Crippen molar-refractivity contribution >= 4 is 0 Å². The van der Waals surface area contributed by atoms with E-state index in [1.807, 2.05) is 4.68 Å². The first-order chi connectivity index (χ1) is 7.91. The molecule has 1 aromatic heterocycles.